The molecule has 1 N–H and O–H groups in total. The predicted molar refractivity (Wildman–Crippen MR) is 70.5 cm³/mol. The Hall–Kier alpha value is -0.650. The molecule has 0 radical (unpaired) electrons. The number of likely N-dealkylation sites (N-methyl/N-ethyl adjacent to an activating group) is 1. The first-order valence-corrected chi connectivity index (χ1v) is 6.99. The van der Waals surface area contributed by atoms with Crippen molar-refractivity contribution in [2.45, 2.75) is 31.9 Å². The van der Waals surface area contributed by atoms with Gasteiger partial charge < -0.3 is 19.9 Å². The lowest BCUT2D eigenvalue weighted by molar-refractivity contribution is -0.132. The Morgan fingerprint density at radius 3 is 2.78 bits per heavy atom. The Kier molecular flexibility index (Phi) is 4.97. The maximum absolute atomic E-state index is 12.1. The van der Waals surface area contributed by atoms with E-state index in [9.17, 15) is 4.79 Å². The average molecular weight is 255 g/mol. The molecule has 2 unspecified atom stereocenters. The number of rotatable bonds is 4. The first-order valence-electron chi connectivity index (χ1n) is 6.99. The molecule has 0 saturated carbocycles. The maximum atomic E-state index is 12.1. The van der Waals surface area contributed by atoms with Crippen LogP contribution in [0.15, 0.2) is 0 Å². The molecule has 2 fully saturated rings. The van der Waals surface area contributed by atoms with Gasteiger partial charge in [-0.05, 0) is 26.8 Å². The van der Waals surface area contributed by atoms with Crippen molar-refractivity contribution in [2.75, 3.05) is 46.4 Å². The first kappa shape index (κ1) is 13.8. The summed E-state index contributed by atoms with van der Waals surface area (Å²) in [4.78, 5) is 16.3. The molecule has 2 heterocycles. The van der Waals surface area contributed by atoms with Crippen molar-refractivity contribution in [3.8, 4) is 0 Å². The molecule has 1 amide bonds. The molecule has 0 spiro atoms. The Bertz CT molecular complexity index is 279. The number of hydrogen-bond donors (Lipinski definition) is 1. The summed E-state index contributed by atoms with van der Waals surface area (Å²) in [7, 11) is 2.11. The predicted octanol–water partition coefficient (Wildman–Crippen LogP) is -0.0825. The van der Waals surface area contributed by atoms with Gasteiger partial charge in [-0.15, -0.1) is 0 Å². The SMILES string of the molecule is CC(NCC1CN(C)CCO1)C(=O)N1CCCC1. The number of carbonyl (C=O) groups is 1. The second-order valence-electron chi connectivity index (χ2n) is 5.42. The van der Waals surface area contributed by atoms with Crippen molar-refractivity contribution < 1.29 is 9.53 Å². The molecular formula is C13H25N3O2. The number of likely N-dealkylation sites (tertiary alicyclic amines) is 1. The molecule has 5 nitrogen and oxygen atoms in total. The fourth-order valence-electron chi connectivity index (χ4n) is 2.60. The fourth-order valence-corrected chi connectivity index (χ4v) is 2.60. The Morgan fingerprint density at radius 1 is 1.39 bits per heavy atom. The van der Waals surface area contributed by atoms with Crippen LogP contribution in [0, 0.1) is 0 Å². The molecule has 2 aliphatic rings. The highest BCUT2D eigenvalue weighted by molar-refractivity contribution is 5.81. The Labute approximate surface area is 109 Å². The van der Waals surface area contributed by atoms with E-state index in [-0.39, 0.29) is 18.1 Å². The van der Waals surface area contributed by atoms with E-state index in [1.807, 2.05) is 11.8 Å². The van der Waals surface area contributed by atoms with Crippen molar-refractivity contribution in [3.63, 3.8) is 0 Å². The summed E-state index contributed by atoms with van der Waals surface area (Å²) in [5.41, 5.74) is 0. The third kappa shape index (κ3) is 3.67. The standard InChI is InChI=1S/C13H25N3O2/c1-11(13(17)16-5-3-4-6-16)14-9-12-10-15(2)7-8-18-12/h11-12,14H,3-10H2,1-2H3. The zero-order chi connectivity index (χ0) is 13.0. The third-order valence-corrected chi connectivity index (χ3v) is 3.78. The summed E-state index contributed by atoms with van der Waals surface area (Å²) in [6, 6.07) is -0.0982. The topological polar surface area (TPSA) is 44.8 Å². The van der Waals surface area contributed by atoms with Gasteiger partial charge in [0.1, 0.15) is 0 Å². The fraction of sp³-hybridized carbons (Fsp3) is 0.923. The van der Waals surface area contributed by atoms with E-state index in [0.717, 1.165) is 52.2 Å². The normalized spacial score (nSPS) is 27.4. The second kappa shape index (κ2) is 6.50. The molecule has 2 aliphatic heterocycles. The van der Waals surface area contributed by atoms with Crippen LogP contribution in [0.1, 0.15) is 19.8 Å². The number of nitrogens with zero attached hydrogens (tertiary/aromatic N) is 2. The highest BCUT2D eigenvalue weighted by Gasteiger charge is 2.24. The number of nitrogens with one attached hydrogen (secondary N) is 1. The van der Waals surface area contributed by atoms with Crippen LogP contribution in [0.2, 0.25) is 0 Å². The van der Waals surface area contributed by atoms with Crippen LogP contribution < -0.4 is 5.32 Å². The number of amides is 1. The molecule has 0 bridgehead atoms. The van der Waals surface area contributed by atoms with E-state index < -0.39 is 0 Å². The molecule has 2 saturated heterocycles. The molecule has 0 aliphatic carbocycles. The largest absolute Gasteiger partial charge is 0.374 e. The van der Waals surface area contributed by atoms with Crippen LogP contribution >= 0.6 is 0 Å². The average Bonchev–Trinajstić information content (AvgIpc) is 2.89. The summed E-state index contributed by atoms with van der Waals surface area (Å²) in [5, 5.41) is 3.31. The van der Waals surface area contributed by atoms with E-state index in [0.29, 0.717) is 0 Å². The molecule has 104 valence electrons. The van der Waals surface area contributed by atoms with Crippen molar-refractivity contribution >= 4 is 5.91 Å². The monoisotopic (exact) mass is 255 g/mol. The minimum atomic E-state index is -0.0982. The van der Waals surface area contributed by atoms with Crippen LogP contribution in [-0.2, 0) is 9.53 Å². The van der Waals surface area contributed by atoms with Gasteiger partial charge in [-0.2, -0.15) is 0 Å². The quantitative estimate of drug-likeness (QED) is 0.763. The van der Waals surface area contributed by atoms with Crippen LogP contribution in [-0.4, -0.2) is 74.2 Å². The molecule has 0 aromatic rings. The zero-order valence-corrected chi connectivity index (χ0v) is 11.5. The molecule has 0 aromatic heterocycles. The number of morpholine rings is 1. The lowest BCUT2D eigenvalue weighted by atomic mass is 10.2. The van der Waals surface area contributed by atoms with Crippen molar-refractivity contribution in [1.82, 2.24) is 15.1 Å². The third-order valence-electron chi connectivity index (χ3n) is 3.78. The smallest absolute Gasteiger partial charge is 0.239 e. The minimum Gasteiger partial charge on any atom is -0.374 e. The van der Waals surface area contributed by atoms with E-state index in [4.69, 9.17) is 4.74 Å². The van der Waals surface area contributed by atoms with Gasteiger partial charge in [-0.3, -0.25) is 4.79 Å². The second-order valence-corrected chi connectivity index (χ2v) is 5.42. The Balaban J connectivity index is 1.70. The van der Waals surface area contributed by atoms with Gasteiger partial charge in [-0.25, -0.2) is 0 Å². The summed E-state index contributed by atoms with van der Waals surface area (Å²) in [6.45, 7) is 7.28. The zero-order valence-electron chi connectivity index (χ0n) is 11.5. The maximum Gasteiger partial charge on any atom is 0.239 e. The van der Waals surface area contributed by atoms with E-state index in [1.54, 1.807) is 0 Å². The number of ether oxygens (including phenoxy) is 1. The van der Waals surface area contributed by atoms with E-state index >= 15 is 0 Å². The van der Waals surface area contributed by atoms with E-state index in [1.165, 1.54) is 0 Å². The molecule has 5 heteroatoms. The van der Waals surface area contributed by atoms with Gasteiger partial charge in [0.05, 0.1) is 18.8 Å². The minimum absolute atomic E-state index is 0.0982. The van der Waals surface area contributed by atoms with Crippen LogP contribution in [0.3, 0.4) is 0 Å². The number of carbonyl (C=O) groups excluding carboxylic acids is 1. The molecule has 2 atom stereocenters. The Morgan fingerprint density at radius 2 is 2.11 bits per heavy atom. The van der Waals surface area contributed by atoms with Gasteiger partial charge in [0, 0.05) is 32.7 Å². The lowest BCUT2D eigenvalue weighted by Gasteiger charge is -2.31. The van der Waals surface area contributed by atoms with Crippen LogP contribution in [0.5, 0.6) is 0 Å². The van der Waals surface area contributed by atoms with Crippen molar-refractivity contribution in [2.24, 2.45) is 0 Å². The van der Waals surface area contributed by atoms with E-state index in [2.05, 4.69) is 17.3 Å². The van der Waals surface area contributed by atoms with Crippen LogP contribution in [0.25, 0.3) is 0 Å². The van der Waals surface area contributed by atoms with Crippen molar-refractivity contribution in [3.05, 3.63) is 0 Å². The molecular weight excluding hydrogens is 230 g/mol. The van der Waals surface area contributed by atoms with Crippen LogP contribution in [0.4, 0.5) is 0 Å². The number of hydrogen-bond acceptors (Lipinski definition) is 4. The summed E-state index contributed by atoms with van der Waals surface area (Å²) >= 11 is 0. The summed E-state index contributed by atoms with van der Waals surface area (Å²) in [6.07, 6.45) is 2.50. The highest BCUT2D eigenvalue weighted by Crippen LogP contribution is 2.09. The molecule has 18 heavy (non-hydrogen) atoms. The van der Waals surface area contributed by atoms with Gasteiger partial charge in [-0.1, -0.05) is 0 Å². The van der Waals surface area contributed by atoms with Gasteiger partial charge in [0.2, 0.25) is 5.91 Å². The highest BCUT2D eigenvalue weighted by atomic mass is 16.5. The van der Waals surface area contributed by atoms with Crippen molar-refractivity contribution in [1.29, 1.82) is 0 Å². The van der Waals surface area contributed by atoms with Gasteiger partial charge >= 0.3 is 0 Å². The summed E-state index contributed by atoms with van der Waals surface area (Å²) in [5.74, 6) is 0.233. The lowest BCUT2D eigenvalue weighted by Crippen LogP contribution is -2.50. The first-order chi connectivity index (χ1) is 8.66. The molecule has 0 aromatic carbocycles. The molecule has 2 rings (SSSR count). The van der Waals surface area contributed by atoms with Gasteiger partial charge in [0.15, 0.2) is 0 Å². The van der Waals surface area contributed by atoms with Gasteiger partial charge in [0.25, 0.3) is 0 Å². The summed E-state index contributed by atoms with van der Waals surface area (Å²) < 4.78 is 5.67.